The van der Waals surface area contributed by atoms with Crippen LogP contribution < -0.4 is 0 Å². The quantitative estimate of drug-likeness (QED) is 0.589. The molecular weight excluding hydrogens is 300 g/mol. The van der Waals surface area contributed by atoms with Gasteiger partial charge in [0.25, 0.3) is 0 Å². The summed E-state index contributed by atoms with van der Waals surface area (Å²) in [6.45, 7) is 2.99. The van der Waals surface area contributed by atoms with Gasteiger partial charge in [0.2, 0.25) is 0 Å². The molecule has 0 radical (unpaired) electrons. The van der Waals surface area contributed by atoms with Crippen molar-refractivity contribution in [3.05, 3.63) is 48.0 Å². The summed E-state index contributed by atoms with van der Waals surface area (Å²) in [4.78, 5) is 22.1. The van der Waals surface area contributed by atoms with E-state index in [9.17, 15) is 9.59 Å². The lowest BCUT2D eigenvalue weighted by Crippen LogP contribution is -2.42. The van der Waals surface area contributed by atoms with E-state index in [1.807, 2.05) is 30.3 Å². The highest BCUT2D eigenvalue weighted by Gasteiger charge is 2.31. The minimum atomic E-state index is -0.608. The molecule has 0 saturated carbocycles. The van der Waals surface area contributed by atoms with E-state index in [1.165, 1.54) is 13.8 Å². The molecule has 0 spiro atoms. The Bertz CT molecular complexity index is 553. The zero-order valence-corrected chi connectivity index (χ0v) is 13.1. The maximum absolute atomic E-state index is 11.1. The predicted octanol–water partition coefficient (Wildman–Crippen LogP) is 1.98. The van der Waals surface area contributed by atoms with E-state index < -0.39 is 30.4 Å². The Kier molecular flexibility index (Phi) is 6.31. The van der Waals surface area contributed by atoms with Crippen LogP contribution in [0.15, 0.2) is 42.5 Å². The molecule has 6 heteroatoms. The van der Waals surface area contributed by atoms with Crippen LogP contribution in [0.2, 0.25) is 0 Å². The Hall–Kier alpha value is -2.18. The monoisotopic (exact) mass is 320 g/mol. The van der Waals surface area contributed by atoms with Gasteiger partial charge >= 0.3 is 11.9 Å². The van der Waals surface area contributed by atoms with E-state index in [-0.39, 0.29) is 6.61 Å². The lowest BCUT2D eigenvalue weighted by atomic mass is 10.1. The summed E-state index contributed by atoms with van der Waals surface area (Å²) in [7, 11) is 0. The Balaban J connectivity index is 1.94. The molecule has 1 aromatic rings. The number of carbonyl (C=O) groups excluding carboxylic acids is 2. The average Bonchev–Trinajstić information content (AvgIpc) is 2.53. The first-order valence-corrected chi connectivity index (χ1v) is 7.34. The third-order valence-corrected chi connectivity index (χ3v) is 3.14. The minimum absolute atomic E-state index is 0.0111. The van der Waals surface area contributed by atoms with E-state index in [0.29, 0.717) is 6.61 Å². The van der Waals surface area contributed by atoms with Gasteiger partial charge in [-0.1, -0.05) is 30.3 Å². The van der Waals surface area contributed by atoms with Crippen molar-refractivity contribution in [2.75, 3.05) is 6.61 Å². The van der Waals surface area contributed by atoms with E-state index in [1.54, 1.807) is 12.2 Å². The zero-order valence-electron chi connectivity index (χ0n) is 13.1. The number of hydrogen-bond donors (Lipinski definition) is 0. The van der Waals surface area contributed by atoms with Crippen LogP contribution in [-0.4, -0.2) is 37.0 Å². The van der Waals surface area contributed by atoms with Gasteiger partial charge in [0.15, 0.2) is 6.29 Å². The fourth-order valence-corrected chi connectivity index (χ4v) is 2.11. The van der Waals surface area contributed by atoms with Crippen LogP contribution in [-0.2, 0) is 35.1 Å². The van der Waals surface area contributed by atoms with Gasteiger partial charge in [0, 0.05) is 13.8 Å². The molecule has 1 aromatic carbocycles. The number of benzene rings is 1. The highest BCUT2D eigenvalue weighted by atomic mass is 16.7. The Labute approximate surface area is 135 Å². The SMILES string of the molecule is CC(=O)OCC1OC(OCc2ccccc2)C=CC1OC(C)=O. The molecule has 0 aliphatic carbocycles. The van der Waals surface area contributed by atoms with Crippen molar-refractivity contribution in [3.63, 3.8) is 0 Å². The van der Waals surface area contributed by atoms with Gasteiger partial charge in [0.1, 0.15) is 18.8 Å². The maximum Gasteiger partial charge on any atom is 0.303 e. The van der Waals surface area contributed by atoms with E-state index in [4.69, 9.17) is 18.9 Å². The van der Waals surface area contributed by atoms with Gasteiger partial charge in [-0.3, -0.25) is 9.59 Å². The number of carbonyl (C=O) groups is 2. The van der Waals surface area contributed by atoms with Crippen molar-refractivity contribution < 1.29 is 28.5 Å². The van der Waals surface area contributed by atoms with Gasteiger partial charge in [-0.2, -0.15) is 0 Å². The van der Waals surface area contributed by atoms with Gasteiger partial charge in [-0.15, -0.1) is 0 Å². The third-order valence-electron chi connectivity index (χ3n) is 3.14. The second-order valence-electron chi connectivity index (χ2n) is 5.10. The standard InChI is InChI=1S/C17H20O6/c1-12(18)20-11-16-15(22-13(2)19)8-9-17(23-16)21-10-14-6-4-3-5-7-14/h3-9,15-17H,10-11H2,1-2H3. The minimum Gasteiger partial charge on any atom is -0.463 e. The number of hydrogen-bond acceptors (Lipinski definition) is 6. The molecule has 0 N–H and O–H groups in total. The zero-order chi connectivity index (χ0) is 16.7. The van der Waals surface area contributed by atoms with Crippen molar-refractivity contribution in [2.45, 2.75) is 39.0 Å². The van der Waals surface area contributed by atoms with Crippen LogP contribution in [0.4, 0.5) is 0 Å². The highest BCUT2D eigenvalue weighted by Crippen LogP contribution is 2.19. The highest BCUT2D eigenvalue weighted by molar-refractivity contribution is 5.66. The summed E-state index contributed by atoms with van der Waals surface area (Å²) in [5.41, 5.74) is 1.02. The molecule has 1 heterocycles. The van der Waals surface area contributed by atoms with Gasteiger partial charge in [-0.05, 0) is 17.7 Å². The van der Waals surface area contributed by atoms with Crippen LogP contribution in [0, 0.1) is 0 Å². The third kappa shape index (κ3) is 5.84. The summed E-state index contributed by atoms with van der Waals surface area (Å²) in [6, 6.07) is 9.68. The summed E-state index contributed by atoms with van der Waals surface area (Å²) < 4.78 is 21.5. The normalized spacial score (nSPS) is 23.3. The van der Waals surface area contributed by atoms with Gasteiger partial charge in [0.05, 0.1) is 6.61 Å². The maximum atomic E-state index is 11.1. The van der Waals surface area contributed by atoms with E-state index >= 15 is 0 Å². The average molecular weight is 320 g/mol. The van der Waals surface area contributed by atoms with Gasteiger partial charge in [-0.25, -0.2) is 0 Å². The second kappa shape index (κ2) is 8.45. The molecule has 0 bridgehead atoms. The molecule has 6 nitrogen and oxygen atoms in total. The van der Waals surface area contributed by atoms with Crippen molar-refractivity contribution in [3.8, 4) is 0 Å². The number of esters is 2. The van der Waals surface area contributed by atoms with E-state index in [0.717, 1.165) is 5.56 Å². The molecule has 23 heavy (non-hydrogen) atoms. The van der Waals surface area contributed by atoms with E-state index in [2.05, 4.69) is 0 Å². The number of rotatable bonds is 6. The summed E-state index contributed by atoms with van der Waals surface area (Å²) in [6.07, 6.45) is 1.56. The van der Waals surface area contributed by atoms with Crippen molar-refractivity contribution in [2.24, 2.45) is 0 Å². The van der Waals surface area contributed by atoms with Crippen molar-refractivity contribution in [1.29, 1.82) is 0 Å². The molecule has 1 aliphatic heterocycles. The van der Waals surface area contributed by atoms with Crippen LogP contribution >= 0.6 is 0 Å². The summed E-state index contributed by atoms with van der Waals surface area (Å²) >= 11 is 0. The first-order valence-electron chi connectivity index (χ1n) is 7.34. The fraction of sp³-hybridized carbons (Fsp3) is 0.412. The predicted molar refractivity (Wildman–Crippen MR) is 81.2 cm³/mol. The second-order valence-corrected chi connectivity index (χ2v) is 5.10. The van der Waals surface area contributed by atoms with Gasteiger partial charge < -0.3 is 18.9 Å². The topological polar surface area (TPSA) is 71.1 Å². The summed E-state index contributed by atoms with van der Waals surface area (Å²) in [5, 5.41) is 0. The largest absolute Gasteiger partial charge is 0.463 e. The molecule has 3 unspecified atom stereocenters. The van der Waals surface area contributed by atoms with Crippen molar-refractivity contribution in [1.82, 2.24) is 0 Å². The van der Waals surface area contributed by atoms with Crippen LogP contribution in [0.1, 0.15) is 19.4 Å². The molecule has 2 rings (SSSR count). The fourth-order valence-electron chi connectivity index (χ4n) is 2.11. The van der Waals surface area contributed by atoms with Crippen LogP contribution in [0.25, 0.3) is 0 Å². The molecule has 0 fully saturated rings. The lowest BCUT2D eigenvalue weighted by Gasteiger charge is -2.31. The first kappa shape index (κ1) is 17.2. The van der Waals surface area contributed by atoms with Crippen LogP contribution in [0.5, 0.6) is 0 Å². The molecular formula is C17H20O6. The Morgan fingerprint density at radius 3 is 2.48 bits per heavy atom. The Morgan fingerprint density at radius 2 is 1.83 bits per heavy atom. The Morgan fingerprint density at radius 1 is 1.09 bits per heavy atom. The number of ether oxygens (including phenoxy) is 4. The molecule has 0 aromatic heterocycles. The summed E-state index contributed by atoms with van der Waals surface area (Å²) in [5.74, 6) is -0.855. The molecule has 1 aliphatic rings. The van der Waals surface area contributed by atoms with Crippen LogP contribution in [0.3, 0.4) is 0 Å². The molecule has 124 valence electrons. The molecule has 3 atom stereocenters. The molecule has 0 saturated heterocycles. The smallest absolute Gasteiger partial charge is 0.303 e. The first-order chi connectivity index (χ1) is 11.0. The lowest BCUT2D eigenvalue weighted by molar-refractivity contribution is -0.200. The van der Waals surface area contributed by atoms with Crippen molar-refractivity contribution >= 4 is 11.9 Å². The molecule has 0 amide bonds.